The lowest BCUT2D eigenvalue weighted by Gasteiger charge is -2.35. The van der Waals surface area contributed by atoms with Gasteiger partial charge in [0.2, 0.25) is 5.91 Å². The Morgan fingerprint density at radius 1 is 1.03 bits per heavy atom. The van der Waals surface area contributed by atoms with Crippen LogP contribution in [0.1, 0.15) is 51.1 Å². The fourth-order valence-electron chi connectivity index (χ4n) is 3.94. The average Bonchev–Trinajstić information content (AvgIpc) is 2.81. The molecule has 3 rings (SSSR count). The van der Waals surface area contributed by atoms with Crippen LogP contribution in [0.2, 0.25) is 0 Å². The minimum atomic E-state index is -0.441. The standard InChI is InChI=1S/C27H37N5O4/c1-18-17-28-20(3)29-25(18)30-23(19(2)33)15-21-7-9-22(10-8-21)36-26(35)32-13-11-31(12-14-32)24(34)16-27(4,5)6/h7-10,17,23H,11-16H2,1-6H3,(H,28,29,30)/t23-/m0/s1. The summed E-state index contributed by atoms with van der Waals surface area (Å²) in [6.45, 7) is 13.3. The van der Waals surface area contributed by atoms with Crippen LogP contribution in [0.3, 0.4) is 0 Å². The largest absolute Gasteiger partial charge is 0.415 e. The Balaban J connectivity index is 1.53. The van der Waals surface area contributed by atoms with Gasteiger partial charge in [0, 0.05) is 44.4 Å². The Morgan fingerprint density at radius 3 is 2.22 bits per heavy atom. The molecule has 0 radical (unpaired) electrons. The van der Waals surface area contributed by atoms with Gasteiger partial charge in [0.1, 0.15) is 17.4 Å². The van der Waals surface area contributed by atoms with Gasteiger partial charge in [-0.1, -0.05) is 32.9 Å². The monoisotopic (exact) mass is 495 g/mol. The summed E-state index contributed by atoms with van der Waals surface area (Å²) in [5.41, 5.74) is 1.73. The molecule has 1 saturated heterocycles. The second-order valence-corrected chi connectivity index (χ2v) is 10.6. The number of piperazine rings is 1. The Bertz CT molecular complexity index is 1090. The zero-order valence-corrected chi connectivity index (χ0v) is 22.1. The van der Waals surface area contributed by atoms with Gasteiger partial charge in [0.25, 0.3) is 0 Å². The van der Waals surface area contributed by atoms with E-state index in [4.69, 9.17) is 4.74 Å². The molecule has 0 bridgehead atoms. The number of aryl methyl sites for hydroxylation is 2. The fourth-order valence-corrected chi connectivity index (χ4v) is 3.94. The van der Waals surface area contributed by atoms with Gasteiger partial charge < -0.3 is 19.9 Å². The van der Waals surface area contributed by atoms with E-state index in [1.807, 2.05) is 44.7 Å². The van der Waals surface area contributed by atoms with Crippen molar-refractivity contribution in [3.8, 4) is 5.75 Å². The zero-order chi connectivity index (χ0) is 26.5. The molecule has 1 aliphatic heterocycles. The average molecular weight is 496 g/mol. The summed E-state index contributed by atoms with van der Waals surface area (Å²) >= 11 is 0. The van der Waals surface area contributed by atoms with Crippen LogP contribution in [0, 0.1) is 19.3 Å². The summed E-state index contributed by atoms with van der Waals surface area (Å²) in [6.07, 6.45) is 2.26. The number of hydrogen-bond acceptors (Lipinski definition) is 7. The van der Waals surface area contributed by atoms with Crippen LogP contribution in [-0.2, 0) is 16.0 Å². The maximum atomic E-state index is 12.6. The molecular weight excluding hydrogens is 458 g/mol. The molecule has 1 fully saturated rings. The van der Waals surface area contributed by atoms with E-state index in [1.165, 1.54) is 0 Å². The number of Topliss-reactive ketones (excluding diaryl/α,β-unsaturated/α-hetero) is 1. The van der Waals surface area contributed by atoms with Crippen molar-refractivity contribution in [2.75, 3.05) is 31.5 Å². The van der Waals surface area contributed by atoms with Gasteiger partial charge in [-0.2, -0.15) is 0 Å². The molecule has 1 aromatic carbocycles. The number of nitrogens with one attached hydrogen (secondary N) is 1. The number of amides is 2. The van der Waals surface area contributed by atoms with Gasteiger partial charge in [-0.15, -0.1) is 0 Å². The van der Waals surface area contributed by atoms with Crippen LogP contribution < -0.4 is 10.1 Å². The van der Waals surface area contributed by atoms with Crippen LogP contribution in [-0.4, -0.2) is 69.8 Å². The second kappa shape index (κ2) is 11.5. The van der Waals surface area contributed by atoms with E-state index in [-0.39, 0.29) is 17.1 Å². The summed E-state index contributed by atoms with van der Waals surface area (Å²) in [5.74, 6) is 1.84. The minimum absolute atomic E-state index is 0.00120. The van der Waals surface area contributed by atoms with Crippen molar-refractivity contribution < 1.29 is 19.1 Å². The molecule has 0 aliphatic carbocycles. The van der Waals surface area contributed by atoms with E-state index in [9.17, 15) is 14.4 Å². The number of hydrogen-bond donors (Lipinski definition) is 1. The van der Waals surface area contributed by atoms with E-state index < -0.39 is 12.1 Å². The molecule has 1 N–H and O–H groups in total. The molecule has 1 aromatic heterocycles. The molecule has 2 amide bonds. The fraction of sp³-hybridized carbons (Fsp3) is 0.519. The Labute approximate surface area is 213 Å². The number of rotatable bonds is 7. The lowest BCUT2D eigenvalue weighted by molar-refractivity contribution is -0.134. The van der Waals surface area contributed by atoms with Crippen LogP contribution in [0.4, 0.5) is 10.6 Å². The Hall–Kier alpha value is -3.49. The third kappa shape index (κ3) is 7.76. The lowest BCUT2D eigenvalue weighted by atomic mass is 9.91. The van der Waals surface area contributed by atoms with Crippen LogP contribution in [0.5, 0.6) is 5.75 Å². The number of ether oxygens (including phenoxy) is 1. The van der Waals surface area contributed by atoms with Gasteiger partial charge in [-0.05, 0) is 50.3 Å². The van der Waals surface area contributed by atoms with Gasteiger partial charge in [0.05, 0.1) is 6.04 Å². The van der Waals surface area contributed by atoms with Gasteiger partial charge in [-0.25, -0.2) is 14.8 Å². The number of carbonyl (C=O) groups is 3. The number of aromatic nitrogens is 2. The third-order valence-corrected chi connectivity index (χ3v) is 6.03. The highest BCUT2D eigenvalue weighted by Crippen LogP contribution is 2.21. The minimum Gasteiger partial charge on any atom is -0.410 e. The number of benzene rings is 1. The van der Waals surface area contributed by atoms with Gasteiger partial charge in [0.15, 0.2) is 5.78 Å². The summed E-state index contributed by atoms with van der Waals surface area (Å²) < 4.78 is 5.55. The van der Waals surface area contributed by atoms with Gasteiger partial charge >= 0.3 is 6.09 Å². The first-order valence-electron chi connectivity index (χ1n) is 12.3. The van der Waals surface area contributed by atoms with Crippen molar-refractivity contribution in [2.45, 2.75) is 60.4 Å². The topological polar surface area (TPSA) is 105 Å². The zero-order valence-electron chi connectivity index (χ0n) is 22.1. The van der Waals surface area contributed by atoms with E-state index in [0.717, 1.165) is 11.1 Å². The molecule has 36 heavy (non-hydrogen) atoms. The quantitative estimate of drug-likeness (QED) is 0.623. The molecule has 1 aliphatic rings. The summed E-state index contributed by atoms with van der Waals surface area (Å²) in [5, 5.41) is 3.23. The first kappa shape index (κ1) is 27.1. The molecule has 9 nitrogen and oxygen atoms in total. The Morgan fingerprint density at radius 2 is 1.64 bits per heavy atom. The van der Waals surface area contributed by atoms with E-state index >= 15 is 0 Å². The number of anilines is 1. The predicted molar refractivity (Wildman–Crippen MR) is 138 cm³/mol. The maximum absolute atomic E-state index is 12.6. The highest BCUT2D eigenvalue weighted by molar-refractivity contribution is 5.84. The maximum Gasteiger partial charge on any atom is 0.415 e. The summed E-state index contributed by atoms with van der Waals surface area (Å²) in [6, 6.07) is 6.72. The van der Waals surface area contributed by atoms with E-state index in [0.29, 0.717) is 56.4 Å². The first-order chi connectivity index (χ1) is 16.9. The molecular formula is C27H37N5O4. The molecule has 2 heterocycles. The first-order valence-corrected chi connectivity index (χ1v) is 12.3. The summed E-state index contributed by atoms with van der Waals surface area (Å²) in [4.78, 5) is 49.3. The highest BCUT2D eigenvalue weighted by Gasteiger charge is 2.27. The van der Waals surface area contributed by atoms with Crippen molar-refractivity contribution in [3.05, 3.63) is 47.4 Å². The van der Waals surface area contributed by atoms with Crippen molar-refractivity contribution in [2.24, 2.45) is 5.41 Å². The second-order valence-electron chi connectivity index (χ2n) is 10.6. The van der Waals surface area contributed by atoms with E-state index in [1.54, 1.807) is 37.1 Å². The van der Waals surface area contributed by atoms with Crippen LogP contribution in [0.15, 0.2) is 30.5 Å². The van der Waals surface area contributed by atoms with Crippen molar-refractivity contribution in [3.63, 3.8) is 0 Å². The summed E-state index contributed by atoms with van der Waals surface area (Å²) in [7, 11) is 0. The van der Waals surface area contributed by atoms with Gasteiger partial charge in [-0.3, -0.25) is 9.59 Å². The molecule has 9 heteroatoms. The SMILES string of the molecule is CC(=O)[C@H](Cc1ccc(OC(=O)N2CCN(C(=O)CC(C)(C)C)CC2)cc1)Nc1nc(C)ncc1C. The van der Waals surface area contributed by atoms with Crippen molar-refractivity contribution in [1.82, 2.24) is 19.8 Å². The molecule has 1 atom stereocenters. The lowest BCUT2D eigenvalue weighted by Crippen LogP contribution is -2.51. The molecule has 0 unspecified atom stereocenters. The van der Waals surface area contributed by atoms with Crippen molar-refractivity contribution in [1.29, 1.82) is 0 Å². The molecule has 0 saturated carbocycles. The number of nitrogens with zero attached hydrogens (tertiary/aromatic N) is 4. The third-order valence-electron chi connectivity index (χ3n) is 6.03. The number of ketones is 1. The van der Waals surface area contributed by atoms with E-state index in [2.05, 4.69) is 15.3 Å². The molecule has 0 spiro atoms. The number of carbonyl (C=O) groups excluding carboxylic acids is 3. The highest BCUT2D eigenvalue weighted by atomic mass is 16.6. The Kier molecular flexibility index (Phi) is 8.66. The predicted octanol–water partition coefficient (Wildman–Crippen LogP) is 3.78. The van der Waals surface area contributed by atoms with Crippen LogP contribution in [0.25, 0.3) is 0 Å². The van der Waals surface area contributed by atoms with Crippen LogP contribution >= 0.6 is 0 Å². The molecule has 2 aromatic rings. The normalized spacial score (nSPS) is 14.8. The smallest absolute Gasteiger partial charge is 0.410 e. The molecule has 194 valence electrons. The van der Waals surface area contributed by atoms with Crippen molar-refractivity contribution >= 4 is 23.6 Å².